The van der Waals surface area contributed by atoms with E-state index in [9.17, 15) is 0 Å². The minimum absolute atomic E-state index is 0.377. The van der Waals surface area contributed by atoms with Gasteiger partial charge in [-0.1, -0.05) is 152 Å². The smallest absolute Gasteiger partial charge is 0.0438 e. The predicted octanol–water partition coefficient (Wildman–Crippen LogP) is 15.3. The van der Waals surface area contributed by atoms with Crippen LogP contribution in [-0.2, 0) is 19.3 Å². The maximum atomic E-state index is 5.07. The molecule has 10 aromatic rings. The van der Waals surface area contributed by atoms with E-state index in [1.165, 1.54) is 89.6 Å². The van der Waals surface area contributed by atoms with Crippen molar-refractivity contribution in [1.29, 1.82) is 0 Å². The zero-order valence-electron chi connectivity index (χ0n) is 33.9. The van der Waals surface area contributed by atoms with E-state index >= 15 is 0 Å². The third-order valence-corrected chi connectivity index (χ3v) is 15.6. The van der Waals surface area contributed by atoms with Crippen LogP contribution in [-0.4, -0.2) is 4.98 Å². The minimum Gasteiger partial charge on any atom is -0.261 e. The molecule has 5 unspecified atom stereocenters. The Balaban J connectivity index is 1.04. The highest BCUT2D eigenvalue weighted by Crippen LogP contribution is 2.59. The van der Waals surface area contributed by atoms with Gasteiger partial charge < -0.3 is 0 Å². The summed E-state index contributed by atoms with van der Waals surface area (Å²) in [4.78, 5) is 5.07. The molecular formula is C59H47N. The zero-order valence-corrected chi connectivity index (χ0v) is 33.9. The van der Waals surface area contributed by atoms with Crippen molar-refractivity contribution in [3.8, 4) is 0 Å². The summed E-state index contributed by atoms with van der Waals surface area (Å²) in [6, 6.07) is 63.0. The van der Waals surface area contributed by atoms with Gasteiger partial charge in [0.15, 0.2) is 0 Å². The van der Waals surface area contributed by atoms with Crippen LogP contribution < -0.4 is 0 Å². The summed E-state index contributed by atoms with van der Waals surface area (Å²) in [5.74, 6) is 2.17. The molecular weight excluding hydrogens is 723 g/mol. The van der Waals surface area contributed by atoms with Crippen LogP contribution in [0.15, 0.2) is 170 Å². The van der Waals surface area contributed by atoms with Gasteiger partial charge >= 0.3 is 0 Å². The number of aryl methyl sites for hydroxylation is 2. The van der Waals surface area contributed by atoms with E-state index in [0.717, 1.165) is 25.7 Å². The molecule has 1 aromatic heterocycles. The lowest BCUT2D eigenvalue weighted by Gasteiger charge is -2.47. The predicted molar refractivity (Wildman–Crippen MR) is 253 cm³/mol. The number of hydrogen-bond donors (Lipinski definition) is 0. The normalized spacial score (nSPS) is 21.4. The largest absolute Gasteiger partial charge is 0.261 e. The van der Waals surface area contributed by atoms with Crippen molar-refractivity contribution < 1.29 is 0 Å². The quantitative estimate of drug-likeness (QED) is 0.163. The van der Waals surface area contributed by atoms with Gasteiger partial charge in [0.1, 0.15) is 0 Å². The minimum atomic E-state index is 0.377. The van der Waals surface area contributed by atoms with E-state index in [0.29, 0.717) is 29.6 Å². The molecule has 0 aliphatic heterocycles. The SMILES string of the molecule is c1ccc(C2Cc3c(ccc4c3ccc3ccccc34)C(C3CCc4c(ccc5c4ccc4ccccc45)C3C3CCCc4c3ccc3c4ccc4ccccc43)C2)nc1. The highest BCUT2D eigenvalue weighted by Gasteiger charge is 2.45. The highest BCUT2D eigenvalue weighted by atomic mass is 14.7. The Hall–Kier alpha value is -6.31. The number of pyridine rings is 1. The first-order chi connectivity index (χ1) is 29.8. The van der Waals surface area contributed by atoms with Gasteiger partial charge in [0.2, 0.25) is 0 Å². The summed E-state index contributed by atoms with van der Waals surface area (Å²) >= 11 is 0. The molecule has 0 N–H and O–H groups in total. The Kier molecular flexibility index (Phi) is 7.84. The maximum Gasteiger partial charge on any atom is 0.0438 e. The number of rotatable bonds is 3. The van der Waals surface area contributed by atoms with Gasteiger partial charge in [0.05, 0.1) is 0 Å². The molecule has 1 nitrogen and oxygen atoms in total. The molecule has 3 aliphatic rings. The molecule has 60 heavy (non-hydrogen) atoms. The molecule has 0 radical (unpaired) electrons. The molecule has 0 bridgehead atoms. The van der Waals surface area contributed by atoms with Crippen LogP contribution in [0.4, 0.5) is 0 Å². The third-order valence-electron chi connectivity index (χ3n) is 15.6. The molecule has 0 spiro atoms. The molecule has 1 heterocycles. The Morgan fingerprint density at radius 2 is 0.900 bits per heavy atom. The number of benzene rings is 9. The van der Waals surface area contributed by atoms with Crippen LogP contribution >= 0.6 is 0 Å². The fraction of sp³-hybridized carbons (Fsp3) is 0.203. The molecule has 3 aliphatic carbocycles. The van der Waals surface area contributed by atoms with Gasteiger partial charge in [-0.15, -0.1) is 0 Å². The average Bonchev–Trinajstić information content (AvgIpc) is 3.32. The van der Waals surface area contributed by atoms with Crippen LogP contribution in [0.25, 0.3) is 64.6 Å². The first kappa shape index (κ1) is 34.5. The van der Waals surface area contributed by atoms with Gasteiger partial charge in [0.25, 0.3) is 0 Å². The van der Waals surface area contributed by atoms with Gasteiger partial charge in [-0.2, -0.15) is 0 Å². The van der Waals surface area contributed by atoms with Crippen molar-refractivity contribution in [1.82, 2.24) is 4.98 Å². The topological polar surface area (TPSA) is 12.9 Å². The van der Waals surface area contributed by atoms with E-state index < -0.39 is 0 Å². The summed E-state index contributed by atoms with van der Waals surface area (Å²) in [6.45, 7) is 0. The lowest BCUT2D eigenvalue weighted by atomic mass is 9.57. The molecule has 5 atom stereocenters. The molecule has 9 aromatic carbocycles. The average molecular weight is 770 g/mol. The van der Waals surface area contributed by atoms with Crippen LogP contribution in [0.2, 0.25) is 0 Å². The molecule has 0 saturated carbocycles. The number of fused-ring (bicyclic) bond motifs is 15. The molecule has 0 fully saturated rings. The zero-order chi connectivity index (χ0) is 39.3. The van der Waals surface area contributed by atoms with Crippen molar-refractivity contribution >= 4 is 64.6 Å². The lowest BCUT2D eigenvalue weighted by Crippen LogP contribution is -2.34. The van der Waals surface area contributed by atoms with Crippen LogP contribution in [0.1, 0.15) is 88.4 Å². The van der Waals surface area contributed by atoms with Gasteiger partial charge in [-0.05, 0) is 179 Å². The molecule has 288 valence electrons. The molecule has 1 heteroatoms. The summed E-state index contributed by atoms with van der Waals surface area (Å²) in [5, 5.41) is 16.6. The summed E-state index contributed by atoms with van der Waals surface area (Å²) in [6.07, 6.45) is 10.1. The van der Waals surface area contributed by atoms with Gasteiger partial charge in [0, 0.05) is 17.8 Å². The lowest BCUT2D eigenvalue weighted by molar-refractivity contribution is 0.240. The molecule has 13 rings (SSSR count). The van der Waals surface area contributed by atoms with Gasteiger partial charge in [-0.3, -0.25) is 4.98 Å². The van der Waals surface area contributed by atoms with Gasteiger partial charge in [-0.25, -0.2) is 0 Å². The monoisotopic (exact) mass is 769 g/mol. The first-order valence-corrected chi connectivity index (χ1v) is 22.5. The Labute approximate surface area is 351 Å². The van der Waals surface area contributed by atoms with Crippen molar-refractivity contribution in [2.45, 2.75) is 68.6 Å². The number of aromatic nitrogens is 1. The molecule has 0 amide bonds. The van der Waals surface area contributed by atoms with E-state index in [2.05, 4.69) is 164 Å². The summed E-state index contributed by atoms with van der Waals surface area (Å²) in [5.41, 5.74) is 10.8. The van der Waals surface area contributed by atoms with Crippen LogP contribution in [0.5, 0.6) is 0 Å². The fourth-order valence-electron chi connectivity index (χ4n) is 13.0. The van der Waals surface area contributed by atoms with E-state index in [1.807, 2.05) is 6.20 Å². The van der Waals surface area contributed by atoms with Crippen molar-refractivity contribution in [3.05, 3.63) is 209 Å². The first-order valence-electron chi connectivity index (χ1n) is 22.5. The third kappa shape index (κ3) is 5.21. The van der Waals surface area contributed by atoms with E-state index in [-0.39, 0.29) is 0 Å². The number of hydrogen-bond acceptors (Lipinski definition) is 1. The fourth-order valence-corrected chi connectivity index (χ4v) is 13.0. The van der Waals surface area contributed by atoms with Crippen molar-refractivity contribution in [3.63, 3.8) is 0 Å². The second kappa shape index (κ2) is 13.6. The number of nitrogens with zero attached hydrogens (tertiary/aromatic N) is 1. The van der Waals surface area contributed by atoms with Crippen molar-refractivity contribution in [2.75, 3.05) is 0 Å². The Morgan fingerprint density at radius 1 is 0.383 bits per heavy atom. The van der Waals surface area contributed by atoms with Crippen LogP contribution in [0, 0.1) is 5.92 Å². The highest BCUT2D eigenvalue weighted by molar-refractivity contribution is 6.11. The summed E-state index contributed by atoms with van der Waals surface area (Å²) < 4.78 is 0. The van der Waals surface area contributed by atoms with Crippen LogP contribution in [0.3, 0.4) is 0 Å². The second-order valence-electron chi connectivity index (χ2n) is 18.3. The Morgan fingerprint density at radius 3 is 1.50 bits per heavy atom. The van der Waals surface area contributed by atoms with E-state index in [1.54, 1.807) is 33.4 Å². The Bertz CT molecular complexity index is 3340. The second-order valence-corrected chi connectivity index (χ2v) is 18.3. The standard InChI is InChI=1S/C59H47N/c1-4-13-40-36(10-1)19-22-47-43-16-9-17-53(49(43)27-25-44(40)47)59-54-31-29-45-41-14-5-2-11-37(41)20-23-48(45)50(54)30-32-55(59)57-35-39(58-18-7-8-33-60-58)34-56-51-24-21-38-12-3-6-15-42(38)46(51)26-28-52(56)57/h1-8,10-15,18-29,31,33,39,53,55,57,59H,9,16-17,30,32,34-35H2. The maximum absolute atomic E-state index is 5.07. The van der Waals surface area contributed by atoms with Crippen molar-refractivity contribution in [2.24, 2.45) is 5.92 Å². The summed E-state index contributed by atoms with van der Waals surface area (Å²) in [7, 11) is 0. The molecule has 0 saturated heterocycles. The van der Waals surface area contributed by atoms with E-state index in [4.69, 9.17) is 4.98 Å².